The Bertz CT molecular complexity index is 3120. The summed E-state index contributed by atoms with van der Waals surface area (Å²) in [6.07, 6.45) is 0.895. The first-order valence-electron chi connectivity index (χ1n) is 20.6. The zero-order valence-corrected chi connectivity index (χ0v) is 24.5. The standard InChI is InChI=1S/C43H29N3O/c44-42(46-43(31-14-5-2-6-15-31)45-28-29-11-3-1-4-12-29)36-18-9-17-35(26-36)37-19-10-20-39-41(37)38-24-23-34(27-40(38)47-39)33-22-21-30-13-7-8-16-32(30)25-33/h1-28,44H/i1D,2D,3D,4D,5D,6D,11D,12D,14D,15D,19D,23D. The molecule has 0 saturated carbocycles. The molecule has 1 heterocycles. The normalized spacial score (nSPS) is 15.5. The monoisotopic (exact) mass is 615 g/mol. The summed E-state index contributed by atoms with van der Waals surface area (Å²) in [6.45, 7) is 0. The van der Waals surface area contributed by atoms with Gasteiger partial charge in [-0.05, 0) is 68.9 Å². The molecule has 0 aliphatic heterocycles. The third-order valence-corrected chi connectivity index (χ3v) is 7.62. The quantitative estimate of drug-likeness (QED) is 0.152. The van der Waals surface area contributed by atoms with Crippen molar-refractivity contribution in [2.45, 2.75) is 0 Å². The molecule has 0 spiro atoms. The van der Waals surface area contributed by atoms with Crippen LogP contribution < -0.4 is 0 Å². The van der Waals surface area contributed by atoms with Gasteiger partial charge in [-0.1, -0.05) is 133 Å². The lowest BCUT2D eigenvalue weighted by Gasteiger charge is -2.08. The van der Waals surface area contributed by atoms with E-state index in [9.17, 15) is 0 Å². The van der Waals surface area contributed by atoms with Crippen LogP contribution in [0.25, 0.3) is 55.0 Å². The highest BCUT2D eigenvalue weighted by atomic mass is 16.3. The summed E-state index contributed by atoms with van der Waals surface area (Å²) < 4.78 is 107. The highest BCUT2D eigenvalue weighted by molar-refractivity contribution is 6.15. The SMILES string of the molecule is [2H]c1cc2c(cc1-c1ccc3ccccc3c1)oc1ccc([2H])c(-c3cccc(C(=N)N=C(N=Cc4c([2H])c([2H])c([2H])c([2H])c4[2H])c4c([2H])c([2H])c([2H])c([2H])c4[2H])c3)c12. The van der Waals surface area contributed by atoms with Crippen molar-refractivity contribution in [3.63, 3.8) is 0 Å². The Morgan fingerprint density at radius 1 is 0.617 bits per heavy atom. The molecular formula is C43H29N3O. The van der Waals surface area contributed by atoms with Gasteiger partial charge in [0.15, 0.2) is 11.7 Å². The van der Waals surface area contributed by atoms with Crippen LogP contribution in [0.4, 0.5) is 0 Å². The third-order valence-electron chi connectivity index (χ3n) is 7.62. The molecule has 1 N–H and O–H groups in total. The van der Waals surface area contributed by atoms with Gasteiger partial charge in [0.1, 0.15) is 11.2 Å². The predicted octanol–water partition coefficient (Wildman–Crippen LogP) is 11.0. The smallest absolute Gasteiger partial charge is 0.161 e. The molecule has 0 unspecified atom stereocenters. The first-order valence-corrected chi connectivity index (χ1v) is 14.6. The fourth-order valence-corrected chi connectivity index (χ4v) is 5.41. The van der Waals surface area contributed by atoms with Crippen LogP contribution >= 0.6 is 0 Å². The molecule has 4 heteroatoms. The molecule has 0 bridgehead atoms. The van der Waals surface area contributed by atoms with Gasteiger partial charge in [-0.25, -0.2) is 9.98 Å². The van der Waals surface area contributed by atoms with E-state index in [-0.39, 0.29) is 23.2 Å². The van der Waals surface area contributed by atoms with Crippen LogP contribution in [0.5, 0.6) is 0 Å². The number of fused-ring (bicyclic) bond motifs is 4. The Labute approximate surface area is 289 Å². The number of amidine groups is 2. The summed E-state index contributed by atoms with van der Waals surface area (Å²) in [5.41, 5.74) is 2.85. The van der Waals surface area contributed by atoms with E-state index in [4.69, 9.17) is 26.3 Å². The van der Waals surface area contributed by atoms with Gasteiger partial charge >= 0.3 is 0 Å². The number of aliphatic imine (C=N–C) groups is 2. The zero-order valence-electron chi connectivity index (χ0n) is 36.5. The van der Waals surface area contributed by atoms with E-state index < -0.39 is 77.7 Å². The minimum absolute atomic E-state index is 0.139. The maximum atomic E-state index is 9.06. The second kappa shape index (κ2) is 12.2. The molecule has 47 heavy (non-hydrogen) atoms. The van der Waals surface area contributed by atoms with E-state index in [0.717, 1.165) is 22.6 Å². The Hall–Kier alpha value is -6.39. The first-order chi connectivity index (χ1) is 28.2. The fraction of sp³-hybridized carbons (Fsp3) is 0. The van der Waals surface area contributed by atoms with Crippen molar-refractivity contribution in [1.82, 2.24) is 0 Å². The fourth-order valence-electron chi connectivity index (χ4n) is 5.41. The van der Waals surface area contributed by atoms with Gasteiger partial charge in [0.2, 0.25) is 0 Å². The predicted molar refractivity (Wildman–Crippen MR) is 196 cm³/mol. The zero-order chi connectivity index (χ0) is 42.0. The van der Waals surface area contributed by atoms with Gasteiger partial charge in [-0.3, -0.25) is 5.41 Å². The summed E-state index contributed by atoms with van der Waals surface area (Å²) in [5, 5.41) is 12.4. The molecule has 0 fully saturated rings. The molecule has 7 aromatic carbocycles. The molecule has 8 rings (SSSR count). The van der Waals surface area contributed by atoms with Crippen molar-refractivity contribution < 1.29 is 20.9 Å². The second-order valence-corrected chi connectivity index (χ2v) is 10.5. The summed E-state index contributed by atoms with van der Waals surface area (Å²) in [5.74, 6) is -1.00. The molecule has 0 atom stereocenters. The highest BCUT2D eigenvalue weighted by Gasteiger charge is 2.15. The highest BCUT2D eigenvalue weighted by Crippen LogP contribution is 2.38. The van der Waals surface area contributed by atoms with Crippen LogP contribution in [-0.2, 0) is 0 Å². The van der Waals surface area contributed by atoms with Crippen LogP contribution in [0.3, 0.4) is 0 Å². The van der Waals surface area contributed by atoms with Crippen LogP contribution in [-0.4, -0.2) is 17.9 Å². The van der Waals surface area contributed by atoms with Gasteiger partial charge < -0.3 is 4.42 Å². The number of nitrogens with one attached hydrogen (secondary N) is 1. The number of nitrogens with zero attached hydrogens (tertiary/aromatic N) is 2. The number of hydrogen-bond donors (Lipinski definition) is 1. The van der Waals surface area contributed by atoms with Crippen LogP contribution in [0.15, 0.2) is 178 Å². The van der Waals surface area contributed by atoms with E-state index in [2.05, 4.69) is 9.98 Å². The number of furan rings is 1. The topological polar surface area (TPSA) is 61.7 Å². The van der Waals surface area contributed by atoms with Gasteiger partial charge in [0, 0.05) is 28.1 Å². The molecule has 0 amide bonds. The first kappa shape index (κ1) is 17.9. The van der Waals surface area contributed by atoms with Gasteiger partial charge in [-0.15, -0.1) is 0 Å². The molecule has 0 saturated heterocycles. The van der Waals surface area contributed by atoms with E-state index >= 15 is 0 Å². The van der Waals surface area contributed by atoms with E-state index in [1.165, 1.54) is 0 Å². The largest absolute Gasteiger partial charge is 0.456 e. The van der Waals surface area contributed by atoms with Gasteiger partial charge in [-0.2, -0.15) is 0 Å². The van der Waals surface area contributed by atoms with Crippen molar-refractivity contribution >= 4 is 50.6 Å². The average molecular weight is 616 g/mol. The molecule has 0 aliphatic carbocycles. The molecule has 0 aliphatic rings. The average Bonchev–Trinajstić information content (AvgIpc) is 3.59. The van der Waals surface area contributed by atoms with Crippen LogP contribution in [0, 0.1) is 5.41 Å². The van der Waals surface area contributed by atoms with E-state index in [1.54, 1.807) is 42.5 Å². The lowest BCUT2D eigenvalue weighted by molar-refractivity contribution is 0.669. The third kappa shape index (κ3) is 5.65. The second-order valence-electron chi connectivity index (χ2n) is 10.5. The lowest BCUT2D eigenvalue weighted by atomic mass is 9.96. The molecule has 0 radical (unpaired) electrons. The van der Waals surface area contributed by atoms with Gasteiger partial charge in [0.05, 0.1) is 16.4 Å². The van der Waals surface area contributed by atoms with Crippen LogP contribution in [0.1, 0.15) is 33.1 Å². The summed E-state index contributed by atoms with van der Waals surface area (Å²) in [7, 11) is 0. The Morgan fingerprint density at radius 3 is 2.28 bits per heavy atom. The maximum absolute atomic E-state index is 9.06. The van der Waals surface area contributed by atoms with Crippen molar-refractivity contribution in [3.05, 3.63) is 180 Å². The van der Waals surface area contributed by atoms with E-state index in [1.807, 2.05) is 48.5 Å². The van der Waals surface area contributed by atoms with Crippen molar-refractivity contribution in [2.75, 3.05) is 0 Å². The van der Waals surface area contributed by atoms with Crippen LogP contribution in [0.2, 0.25) is 0 Å². The minimum atomic E-state index is -0.691. The van der Waals surface area contributed by atoms with Gasteiger partial charge in [0.25, 0.3) is 0 Å². The molecular weight excluding hydrogens is 574 g/mol. The number of rotatable bonds is 5. The van der Waals surface area contributed by atoms with E-state index in [0.29, 0.717) is 38.6 Å². The van der Waals surface area contributed by atoms with Crippen molar-refractivity contribution in [3.8, 4) is 22.3 Å². The Kier molecular flexibility index (Phi) is 4.65. The van der Waals surface area contributed by atoms with Crippen molar-refractivity contribution in [1.29, 1.82) is 5.41 Å². The Balaban J connectivity index is 1.25. The minimum Gasteiger partial charge on any atom is -0.456 e. The number of benzene rings is 7. The Morgan fingerprint density at radius 2 is 1.43 bits per heavy atom. The maximum Gasteiger partial charge on any atom is 0.161 e. The summed E-state index contributed by atoms with van der Waals surface area (Å²) in [4.78, 5) is 8.51. The summed E-state index contributed by atoms with van der Waals surface area (Å²) >= 11 is 0. The van der Waals surface area contributed by atoms with Crippen molar-refractivity contribution in [2.24, 2.45) is 9.98 Å². The lowest BCUT2D eigenvalue weighted by Crippen LogP contribution is -2.04. The summed E-state index contributed by atoms with van der Waals surface area (Å²) in [6, 6.07) is 21.2. The molecule has 8 aromatic rings. The molecule has 4 nitrogen and oxygen atoms in total. The molecule has 1 aromatic heterocycles. The number of hydrogen-bond acceptors (Lipinski definition) is 2. The molecule has 222 valence electrons.